The third-order valence-corrected chi connectivity index (χ3v) is 3.60. The zero-order valence-electron chi connectivity index (χ0n) is 9.83. The van der Waals surface area contributed by atoms with Crippen molar-refractivity contribution < 1.29 is 4.79 Å². The molecule has 0 aliphatic rings. The molecule has 0 atom stereocenters. The van der Waals surface area contributed by atoms with Gasteiger partial charge in [0.25, 0.3) is 0 Å². The first kappa shape index (κ1) is 12.2. The van der Waals surface area contributed by atoms with Crippen molar-refractivity contribution in [1.82, 2.24) is 5.32 Å². The van der Waals surface area contributed by atoms with E-state index in [1.807, 2.05) is 13.8 Å². The Balaban J connectivity index is 2.48. The largest absolute Gasteiger partial charge is 0.351 e. The van der Waals surface area contributed by atoms with E-state index in [4.69, 9.17) is 0 Å². The number of rotatable bonds is 4. The number of thiophene rings is 1. The molecule has 1 heterocycles. The molecule has 1 N–H and O–H groups in total. The van der Waals surface area contributed by atoms with Crippen molar-refractivity contribution in [3.8, 4) is 0 Å². The van der Waals surface area contributed by atoms with Gasteiger partial charge in [0.1, 0.15) is 0 Å². The summed E-state index contributed by atoms with van der Waals surface area (Å²) in [7, 11) is 0. The molecule has 3 heteroatoms. The number of carbonyl (C=O) groups is 1. The van der Waals surface area contributed by atoms with Crippen molar-refractivity contribution >= 4 is 17.2 Å². The normalized spacial score (nSPS) is 11.1. The van der Waals surface area contributed by atoms with Crippen LogP contribution in [0.5, 0.6) is 0 Å². The van der Waals surface area contributed by atoms with Crippen LogP contribution >= 0.6 is 11.3 Å². The Hall–Kier alpha value is -0.830. The van der Waals surface area contributed by atoms with Crippen LogP contribution in [0.25, 0.3) is 0 Å². The van der Waals surface area contributed by atoms with Crippen molar-refractivity contribution in [3.63, 3.8) is 0 Å². The number of hydrogen-bond donors (Lipinski definition) is 1. The van der Waals surface area contributed by atoms with Gasteiger partial charge in [0, 0.05) is 15.7 Å². The fourth-order valence-electron chi connectivity index (χ4n) is 1.18. The summed E-state index contributed by atoms with van der Waals surface area (Å²) >= 11 is 1.78. The molecule has 0 unspecified atom stereocenters. The van der Waals surface area contributed by atoms with Crippen LogP contribution < -0.4 is 5.32 Å². The lowest BCUT2D eigenvalue weighted by Crippen LogP contribution is -2.26. The summed E-state index contributed by atoms with van der Waals surface area (Å²) in [6.45, 7) is 8.84. The fourth-order valence-corrected chi connectivity index (χ4v) is 2.13. The highest BCUT2D eigenvalue weighted by molar-refractivity contribution is 7.12. The molecule has 0 saturated carbocycles. The minimum absolute atomic E-state index is 0.0644. The number of nitrogens with one attached hydrogen (secondary N) is 1. The Morgan fingerprint density at radius 2 is 2.00 bits per heavy atom. The second-order valence-electron chi connectivity index (χ2n) is 4.33. The van der Waals surface area contributed by atoms with E-state index in [1.165, 1.54) is 9.75 Å². The molecule has 0 bridgehead atoms. The average molecular weight is 225 g/mol. The van der Waals surface area contributed by atoms with Crippen LogP contribution in [0.1, 0.15) is 43.4 Å². The summed E-state index contributed by atoms with van der Waals surface area (Å²) in [6, 6.07) is 4.24. The summed E-state index contributed by atoms with van der Waals surface area (Å²) < 4.78 is 0. The molecule has 0 saturated heterocycles. The zero-order valence-corrected chi connectivity index (χ0v) is 10.6. The van der Waals surface area contributed by atoms with Crippen LogP contribution in [0.2, 0.25) is 0 Å². The molecule has 1 aromatic rings. The molecule has 15 heavy (non-hydrogen) atoms. The van der Waals surface area contributed by atoms with Crippen LogP contribution in [-0.2, 0) is 11.3 Å². The Kier molecular flexibility index (Phi) is 4.33. The van der Waals surface area contributed by atoms with Crippen LogP contribution in [0.15, 0.2) is 12.1 Å². The van der Waals surface area contributed by atoms with Gasteiger partial charge in [-0.3, -0.25) is 4.79 Å². The van der Waals surface area contributed by atoms with Gasteiger partial charge in [0.2, 0.25) is 5.91 Å². The lowest BCUT2D eigenvalue weighted by atomic mass is 10.2. The fraction of sp³-hybridized carbons (Fsp3) is 0.583. The number of carbonyl (C=O) groups excluding carboxylic acids is 1. The maximum Gasteiger partial charge on any atom is 0.222 e. The summed E-state index contributed by atoms with van der Waals surface area (Å²) in [5.74, 6) is 0.758. The smallest absolute Gasteiger partial charge is 0.222 e. The summed E-state index contributed by atoms with van der Waals surface area (Å²) in [4.78, 5) is 14.0. The van der Waals surface area contributed by atoms with Gasteiger partial charge in [-0.2, -0.15) is 0 Å². The average Bonchev–Trinajstić information content (AvgIpc) is 2.62. The van der Waals surface area contributed by atoms with E-state index in [1.54, 1.807) is 11.3 Å². The summed E-state index contributed by atoms with van der Waals surface area (Å²) in [6.07, 6.45) is 0. The van der Waals surface area contributed by atoms with Crippen LogP contribution in [0, 0.1) is 5.92 Å². The molecule has 0 aromatic carbocycles. The van der Waals surface area contributed by atoms with E-state index in [9.17, 15) is 4.79 Å². The van der Waals surface area contributed by atoms with Crippen LogP contribution in [-0.4, -0.2) is 5.91 Å². The Bertz CT molecular complexity index is 328. The van der Waals surface area contributed by atoms with E-state index in [0.717, 1.165) is 0 Å². The SMILES string of the molecule is CC(C)C(=O)NCc1ccc(C(C)C)s1. The maximum atomic E-state index is 11.4. The lowest BCUT2D eigenvalue weighted by molar-refractivity contribution is -0.124. The summed E-state index contributed by atoms with van der Waals surface area (Å²) in [5.41, 5.74) is 0. The van der Waals surface area contributed by atoms with Crippen LogP contribution in [0.4, 0.5) is 0 Å². The molecule has 0 radical (unpaired) electrons. The Morgan fingerprint density at radius 1 is 1.33 bits per heavy atom. The van der Waals surface area contributed by atoms with E-state index in [0.29, 0.717) is 12.5 Å². The molecule has 1 rings (SSSR count). The topological polar surface area (TPSA) is 29.1 Å². The number of hydrogen-bond acceptors (Lipinski definition) is 2. The lowest BCUT2D eigenvalue weighted by Gasteiger charge is -2.05. The molecule has 0 fully saturated rings. The Labute approximate surface area is 95.7 Å². The molecule has 84 valence electrons. The van der Waals surface area contributed by atoms with Gasteiger partial charge in [-0.05, 0) is 18.1 Å². The third-order valence-electron chi connectivity index (χ3n) is 2.21. The quantitative estimate of drug-likeness (QED) is 0.838. The van der Waals surface area contributed by atoms with Gasteiger partial charge in [-0.15, -0.1) is 11.3 Å². The molecular weight excluding hydrogens is 206 g/mol. The number of amides is 1. The van der Waals surface area contributed by atoms with Crippen molar-refractivity contribution in [2.45, 2.75) is 40.2 Å². The standard InChI is InChI=1S/C12H19NOS/c1-8(2)11-6-5-10(15-11)7-13-12(14)9(3)4/h5-6,8-9H,7H2,1-4H3,(H,13,14). The first-order valence-corrected chi connectivity index (χ1v) is 6.18. The van der Waals surface area contributed by atoms with Crippen molar-refractivity contribution in [2.24, 2.45) is 5.92 Å². The molecular formula is C12H19NOS. The van der Waals surface area contributed by atoms with E-state index < -0.39 is 0 Å². The minimum Gasteiger partial charge on any atom is -0.351 e. The second kappa shape index (κ2) is 5.31. The van der Waals surface area contributed by atoms with E-state index in [2.05, 4.69) is 31.3 Å². The second-order valence-corrected chi connectivity index (χ2v) is 5.53. The molecule has 1 aromatic heterocycles. The summed E-state index contributed by atoms with van der Waals surface area (Å²) in [5, 5.41) is 2.92. The van der Waals surface area contributed by atoms with Crippen LogP contribution in [0.3, 0.4) is 0 Å². The van der Waals surface area contributed by atoms with Crippen molar-refractivity contribution in [2.75, 3.05) is 0 Å². The minimum atomic E-state index is 0.0644. The zero-order chi connectivity index (χ0) is 11.4. The van der Waals surface area contributed by atoms with Crippen molar-refractivity contribution in [3.05, 3.63) is 21.9 Å². The highest BCUT2D eigenvalue weighted by Gasteiger charge is 2.08. The molecule has 0 aliphatic heterocycles. The molecule has 0 spiro atoms. The van der Waals surface area contributed by atoms with Gasteiger partial charge in [0.05, 0.1) is 6.54 Å². The third kappa shape index (κ3) is 3.67. The Morgan fingerprint density at radius 3 is 2.47 bits per heavy atom. The first-order valence-electron chi connectivity index (χ1n) is 5.37. The monoisotopic (exact) mass is 225 g/mol. The first-order chi connectivity index (χ1) is 7.00. The predicted molar refractivity (Wildman–Crippen MR) is 65.1 cm³/mol. The van der Waals surface area contributed by atoms with E-state index in [-0.39, 0.29) is 11.8 Å². The molecule has 1 amide bonds. The van der Waals surface area contributed by atoms with Crippen molar-refractivity contribution in [1.29, 1.82) is 0 Å². The predicted octanol–water partition coefficient (Wildman–Crippen LogP) is 3.14. The highest BCUT2D eigenvalue weighted by Crippen LogP contribution is 2.23. The molecule has 2 nitrogen and oxygen atoms in total. The molecule has 0 aliphatic carbocycles. The maximum absolute atomic E-state index is 11.4. The van der Waals surface area contributed by atoms with Gasteiger partial charge in [-0.25, -0.2) is 0 Å². The van der Waals surface area contributed by atoms with Gasteiger partial charge in [0.15, 0.2) is 0 Å². The highest BCUT2D eigenvalue weighted by atomic mass is 32.1. The van der Waals surface area contributed by atoms with Gasteiger partial charge < -0.3 is 5.32 Å². The van der Waals surface area contributed by atoms with Gasteiger partial charge >= 0.3 is 0 Å². The van der Waals surface area contributed by atoms with Gasteiger partial charge in [-0.1, -0.05) is 27.7 Å². The van der Waals surface area contributed by atoms with E-state index >= 15 is 0 Å².